The molecule has 0 heterocycles. The van der Waals surface area contributed by atoms with Crippen LogP contribution >= 0.6 is 12.2 Å². The zero-order valence-electron chi connectivity index (χ0n) is 10.8. The molecule has 0 aliphatic rings. The molecular weight excluding hydrogens is 298 g/mol. The van der Waals surface area contributed by atoms with Gasteiger partial charge in [-0.05, 0) is 24.1 Å². The van der Waals surface area contributed by atoms with Crippen molar-refractivity contribution in [1.29, 1.82) is 0 Å². The monoisotopic (exact) mass is 315 g/mol. The normalized spacial score (nSPS) is 11.2. The van der Waals surface area contributed by atoms with Gasteiger partial charge in [0.25, 0.3) is 0 Å². The third-order valence-corrected chi connectivity index (χ3v) is 4.13. The Kier molecular flexibility index (Phi) is 6.05. The molecular formula is C12H17N3O3S2. The summed E-state index contributed by atoms with van der Waals surface area (Å²) in [6.07, 6.45) is 0.950. The van der Waals surface area contributed by atoms with Crippen molar-refractivity contribution in [2.45, 2.75) is 24.2 Å². The van der Waals surface area contributed by atoms with Crippen LogP contribution in [-0.2, 0) is 21.2 Å². The average Bonchev–Trinajstić information content (AvgIpc) is 2.34. The first-order valence-electron chi connectivity index (χ1n) is 5.96. The summed E-state index contributed by atoms with van der Waals surface area (Å²) < 4.78 is 26.3. The van der Waals surface area contributed by atoms with E-state index < -0.39 is 15.9 Å². The highest BCUT2D eigenvalue weighted by Crippen LogP contribution is 2.11. The van der Waals surface area contributed by atoms with Crippen molar-refractivity contribution >= 4 is 33.1 Å². The minimum absolute atomic E-state index is 0.148. The fraction of sp³-hybridized carbons (Fsp3) is 0.333. The Hall–Kier alpha value is -1.51. The minimum Gasteiger partial charge on any atom is -0.393 e. The van der Waals surface area contributed by atoms with Gasteiger partial charge in [0.1, 0.15) is 0 Å². The predicted octanol–water partition coefficient (Wildman–Crippen LogP) is 0.0590. The fourth-order valence-corrected chi connectivity index (χ4v) is 2.78. The van der Waals surface area contributed by atoms with Crippen molar-refractivity contribution < 1.29 is 13.2 Å². The van der Waals surface area contributed by atoms with Gasteiger partial charge in [-0.25, -0.2) is 13.1 Å². The van der Waals surface area contributed by atoms with E-state index in [9.17, 15) is 13.2 Å². The number of primary amides is 1. The summed E-state index contributed by atoms with van der Waals surface area (Å²) >= 11 is 4.78. The van der Waals surface area contributed by atoms with Crippen LogP contribution in [0.4, 0.5) is 0 Å². The summed E-state index contributed by atoms with van der Waals surface area (Å²) in [5.74, 6) is -0.452. The maximum Gasteiger partial charge on any atom is 0.240 e. The molecule has 110 valence electrons. The van der Waals surface area contributed by atoms with Gasteiger partial charge < -0.3 is 11.5 Å². The van der Waals surface area contributed by atoms with E-state index >= 15 is 0 Å². The lowest BCUT2D eigenvalue weighted by Crippen LogP contribution is -2.25. The lowest BCUT2D eigenvalue weighted by Gasteiger charge is -2.07. The second-order valence-electron chi connectivity index (χ2n) is 4.25. The van der Waals surface area contributed by atoms with Crippen LogP contribution in [0.5, 0.6) is 0 Å². The highest BCUT2D eigenvalue weighted by atomic mass is 32.2. The standard InChI is InChI=1S/C12H17N3O3S2/c13-11(16)2-1-7-15-20(17,18)10-5-3-9(4-6-10)8-12(14)19/h3-6,15H,1-2,7-8H2,(H2,13,16)(H2,14,19). The number of rotatable bonds is 8. The van der Waals surface area contributed by atoms with Gasteiger partial charge in [-0.2, -0.15) is 0 Å². The molecule has 0 radical (unpaired) electrons. The molecule has 0 fully saturated rings. The Labute approximate surface area is 123 Å². The number of amides is 1. The first-order valence-corrected chi connectivity index (χ1v) is 7.85. The number of benzene rings is 1. The smallest absolute Gasteiger partial charge is 0.240 e. The van der Waals surface area contributed by atoms with Crippen LogP contribution in [0.2, 0.25) is 0 Å². The zero-order valence-corrected chi connectivity index (χ0v) is 12.5. The van der Waals surface area contributed by atoms with Gasteiger partial charge in [0.2, 0.25) is 15.9 Å². The van der Waals surface area contributed by atoms with Gasteiger partial charge in [-0.3, -0.25) is 4.79 Å². The fourth-order valence-electron chi connectivity index (χ4n) is 1.54. The van der Waals surface area contributed by atoms with Crippen LogP contribution in [0.3, 0.4) is 0 Å². The van der Waals surface area contributed by atoms with Crippen LogP contribution in [0.25, 0.3) is 0 Å². The van der Waals surface area contributed by atoms with Crippen molar-refractivity contribution in [3.8, 4) is 0 Å². The average molecular weight is 315 g/mol. The lowest BCUT2D eigenvalue weighted by molar-refractivity contribution is -0.118. The van der Waals surface area contributed by atoms with Crippen LogP contribution in [0, 0.1) is 0 Å². The first-order chi connectivity index (χ1) is 9.31. The minimum atomic E-state index is -3.57. The molecule has 0 saturated carbocycles. The topological polar surface area (TPSA) is 115 Å². The predicted molar refractivity (Wildman–Crippen MR) is 80.5 cm³/mol. The van der Waals surface area contributed by atoms with Crippen molar-refractivity contribution in [2.24, 2.45) is 11.5 Å². The van der Waals surface area contributed by atoms with Gasteiger partial charge >= 0.3 is 0 Å². The number of carbonyl (C=O) groups excluding carboxylic acids is 1. The van der Waals surface area contributed by atoms with E-state index in [-0.39, 0.29) is 17.9 Å². The van der Waals surface area contributed by atoms with Crippen molar-refractivity contribution in [3.63, 3.8) is 0 Å². The molecule has 20 heavy (non-hydrogen) atoms. The largest absolute Gasteiger partial charge is 0.393 e. The molecule has 0 saturated heterocycles. The second kappa shape index (κ2) is 7.32. The number of nitrogens with two attached hydrogens (primary N) is 2. The third-order valence-electron chi connectivity index (χ3n) is 2.50. The molecule has 0 unspecified atom stereocenters. The second-order valence-corrected chi connectivity index (χ2v) is 6.55. The molecule has 8 heteroatoms. The Balaban J connectivity index is 2.63. The highest BCUT2D eigenvalue weighted by Gasteiger charge is 2.13. The van der Waals surface area contributed by atoms with E-state index in [1.807, 2.05) is 0 Å². The molecule has 0 spiro atoms. The van der Waals surface area contributed by atoms with Crippen molar-refractivity contribution in [2.75, 3.05) is 6.54 Å². The Morgan fingerprint density at radius 1 is 1.20 bits per heavy atom. The van der Waals surface area contributed by atoms with Crippen molar-refractivity contribution in [1.82, 2.24) is 4.72 Å². The number of hydrogen-bond donors (Lipinski definition) is 3. The molecule has 1 rings (SSSR count). The van der Waals surface area contributed by atoms with Gasteiger partial charge in [-0.15, -0.1) is 0 Å². The maximum atomic E-state index is 11.9. The number of carbonyl (C=O) groups is 1. The summed E-state index contributed by atoms with van der Waals surface area (Å²) in [5, 5.41) is 0. The lowest BCUT2D eigenvalue weighted by atomic mass is 10.1. The van der Waals surface area contributed by atoms with E-state index in [2.05, 4.69) is 4.72 Å². The molecule has 1 amide bonds. The van der Waals surface area contributed by atoms with Crippen LogP contribution < -0.4 is 16.2 Å². The summed E-state index contributed by atoms with van der Waals surface area (Å²) in [6.45, 7) is 0.167. The Morgan fingerprint density at radius 3 is 2.30 bits per heavy atom. The Bertz CT molecular complexity index is 582. The van der Waals surface area contributed by atoms with Gasteiger partial charge in [0.15, 0.2) is 0 Å². The van der Waals surface area contributed by atoms with E-state index in [0.29, 0.717) is 17.8 Å². The molecule has 0 aliphatic carbocycles. The SMILES string of the molecule is NC(=O)CCCNS(=O)(=O)c1ccc(CC(N)=S)cc1. The van der Waals surface area contributed by atoms with E-state index in [1.165, 1.54) is 12.1 Å². The summed E-state index contributed by atoms with van der Waals surface area (Å²) in [7, 11) is -3.57. The molecule has 0 aliphatic heterocycles. The molecule has 0 bridgehead atoms. The van der Waals surface area contributed by atoms with Gasteiger partial charge in [0, 0.05) is 19.4 Å². The number of sulfonamides is 1. The van der Waals surface area contributed by atoms with Crippen molar-refractivity contribution in [3.05, 3.63) is 29.8 Å². The van der Waals surface area contributed by atoms with E-state index in [4.69, 9.17) is 23.7 Å². The Morgan fingerprint density at radius 2 is 1.80 bits per heavy atom. The molecule has 1 aromatic rings. The highest BCUT2D eigenvalue weighted by molar-refractivity contribution is 7.89. The summed E-state index contributed by atoms with van der Waals surface area (Å²) in [4.78, 5) is 11.1. The number of hydrogen-bond acceptors (Lipinski definition) is 4. The van der Waals surface area contributed by atoms with Crippen LogP contribution in [0.1, 0.15) is 18.4 Å². The molecule has 0 aromatic heterocycles. The molecule has 0 atom stereocenters. The first kappa shape index (κ1) is 16.5. The maximum absolute atomic E-state index is 11.9. The molecule has 6 nitrogen and oxygen atoms in total. The molecule has 1 aromatic carbocycles. The van der Waals surface area contributed by atoms with Gasteiger partial charge in [-0.1, -0.05) is 24.4 Å². The molecule has 5 N–H and O–H groups in total. The van der Waals surface area contributed by atoms with Gasteiger partial charge in [0.05, 0.1) is 9.88 Å². The van der Waals surface area contributed by atoms with E-state index in [0.717, 1.165) is 5.56 Å². The third kappa shape index (κ3) is 5.64. The summed E-state index contributed by atoms with van der Waals surface area (Å²) in [6, 6.07) is 6.31. The van der Waals surface area contributed by atoms with E-state index in [1.54, 1.807) is 12.1 Å². The summed E-state index contributed by atoms with van der Waals surface area (Å²) in [5.41, 5.74) is 11.2. The van der Waals surface area contributed by atoms with Crippen LogP contribution in [0.15, 0.2) is 29.2 Å². The zero-order chi connectivity index (χ0) is 15.2. The number of thiocarbonyl (C=S) groups is 1. The van der Waals surface area contributed by atoms with Crippen LogP contribution in [-0.4, -0.2) is 25.9 Å². The number of nitrogens with one attached hydrogen (secondary N) is 1. The quantitative estimate of drug-likeness (QED) is 0.463.